The van der Waals surface area contributed by atoms with Gasteiger partial charge in [0.2, 0.25) is 0 Å². The molecule has 3 rings (SSSR count). The highest BCUT2D eigenvalue weighted by Crippen LogP contribution is 2.34. The van der Waals surface area contributed by atoms with Crippen LogP contribution in [0.5, 0.6) is 0 Å². The summed E-state index contributed by atoms with van der Waals surface area (Å²) in [4.78, 5) is 12.5. The molecule has 0 unspecified atom stereocenters. The Bertz CT molecular complexity index is 1080. The van der Waals surface area contributed by atoms with Crippen LogP contribution in [0.15, 0.2) is 59.5 Å². The Labute approximate surface area is 160 Å². The summed E-state index contributed by atoms with van der Waals surface area (Å²) in [6.45, 7) is 1.72. The fraction of sp³-hybridized carbons (Fsp3) is 0.105. The Kier molecular flexibility index (Phi) is 5.18. The summed E-state index contributed by atoms with van der Waals surface area (Å²) in [6, 6.07) is 15.3. The predicted octanol–water partition coefficient (Wildman–Crippen LogP) is 5.05. The van der Waals surface area contributed by atoms with Crippen LogP contribution in [0.4, 0.5) is 0 Å². The minimum absolute atomic E-state index is 0.0251. The molecule has 0 saturated heterocycles. The first-order valence-electron chi connectivity index (χ1n) is 7.68. The van der Waals surface area contributed by atoms with Gasteiger partial charge in [-0.15, -0.1) is 11.3 Å². The van der Waals surface area contributed by atoms with Crippen molar-refractivity contribution in [3.8, 4) is 10.4 Å². The largest absolute Gasteiger partial charge is 0.477 e. The van der Waals surface area contributed by atoms with Crippen molar-refractivity contribution in [2.24, 2.45) is 0 Å². The molecule has 0 aliphatic rings. The molecule has 7 heteroatoms. The van der Waals surface area contributed by atoms with Crippen LogP contribution in [0.1, 0.15) is 20.8 Å². The molecule has 0 aliphatic carbocycles. The van der Waals surface area contributed by atoms with Crippen LogP contribution in [-0.4, -0.2) is 19.5 Å². The monoisotopic (exact) mass is 406 g/mol. The normalized spacial score (nSPS) is 11.5. The number of sulfone groups is 1. The predicted molar refractivity (Wildman–Crippen MR) is 104 cm³/mol. The van der Waals surface area contributed by atoms with E-state index >= 15 is 0 Å². The van der Waals surface area contributed by atoms with E-state index in [1.165, 1.54) is 6.07 Å². The van der Waals surface area contributed by atoms with E-state index in [9.17, 15) is 18.3 Å². The number of thiophene rings is 1. The minimum atomic E-state index is -3.66. The Morgan fingerprint density at radius 2 is 1.85 bits per heavy atom. The number of hydrogen-bond donors (Lipinski definition) is 1. The van der Waals surface area contributed by atoms with Crippen LogP contribution in [0.25, 0.3) is 10.4 Å². The average Bonchev–Trinajstić information content (AvgIpc) is 2.98. The summed E-state index contributed by atoms with van der Waals surface area (Å²) in [5.41, 5.74) is 1.67. The second-order valence-electron chi connectivity index (χ2n) is 5.81. The molecule has 3 aromatic rings. The van der Waals surface area contributed by atoms with Gasteiger partial charge in [0.1, 0.15) is 4.88 Å². The zero-order valence-corrected chi connectivity index (χ0v) is 16.2. The maximum atomic E-state index is 12.8. The first-order valence-corrected chi connectivity index (χ1v) is 10.5. The number of hydrogen-bond acceptors (Lipinski definition) is 4. The first-order chi connectivity index (χ1) is 12.3. The zero-order chi connectivity index (χ0) is 18.9. The molecule has 1 heterocycles. The third kappa shape index (κ3) is 3.82. The molecule has 0 spiro atoms. The fourth-order valence-corrected chi connectivity index (χ4v) is 5.62. The SMILES string of the molecule is Cc1ccccc1S(=O)(=O)Cc1cc(-c2cccc(Cl)c2)sc1C(=O)O. The van der Waals surface area contributed by atoms with Crippen molar-refractivity contribution in [2.75, 3.05) is 0 Å². The van der Waals surface area contributed by atoms with Gasteiger partial charge in [-0.1, -0.05) is 41.9 Å². The van der Waals surface area contributed by atoms with Gasteiger partial charge >= 0.3 is 5.97 Å². The molecule has 0 fully saturated rings. The molecule has 134 valence electrons. The number of carboxylic acid groups (broad SMARTS) is 1. The van der Waals surface area contributed by atoms with Gasteiger partial charge in [-0.2, -0.15) is 0 Å². The molecule has 1 aromatic heterocycles. The standard InChI is InChI=1S/C19H15ClO4S2/c1-12-5-2-3-8-17(12)26(23,24)11-14-10-16(25-18(14)19(21)22)13-6-4-7-15(20)9-13/h2-10H,11H2,1H3,(H,21,22). The van der Waals surface area contributed by atoms with Crippen molar-refractivity contribution in [3.05, 3.63) is 75.6 Å². The Morgan fingerprint density at radius 3 is 2.50 bits per heavy atom. The van der Waals surface area contributed by atoms with Crippen LogP contribution >= 0.6 is 22.9 Å². The Morgan fingerprint density at radius 1 is 1.12 bits per heavy atom. The molecule has 0 amide bonds. The molecule has 0 saturated carbocycles. The lowest BCUT2D eigenvalue weighted by Gasteiger charge is -2.07. The van der Waals surface area contributed by atoms with Crippen LogP contribution in [-0.2, 0) is 15.6 Å². The third-order valence-electron chi connectivity index (χ3n) is 3.89. The topological polar surface area (TPSA) is 71.4 Å². The first kappa shape index (κ1) is 18.6. The van der Waals surface area contributed by atoms with E-state index in [0.29, 0.717) is 15.5 Å². The number of aryl methyl sites for hydroxylation is 1. The molecule has 1 N–H and O–H groups in total. The number of rotatable bonds is 5. The second-order valence-corrected chi connectivity index (χ2v) is 9.25. The Hall–Kier alpha value is -2.15. The molecule has 0 aliphatic heterocycles. The Balaban J connectivity index is 2.05. The highest BCUT2D eigenvalue weighted by Gasteiger charge is 2.24. The highest BCUT2D eigenvalue weighted by atomic mass is 35.5. The summed E-state index contributed by atoms with van der Waals surface area (Å²) in [6.07, 6.45) is 0. The fourth-order valence-electron chi connectivity index (χ4n) is 2.69. The smallest absolute Gasteiger partial charge is 0.346 e. The van der Waals surface area contributed by atoms with Gasteiger partial charge in [0.25, 0.3) is 0 Å². The van der Waals surface area contributed by atoms with E-state index < -0.39 is 15.8 Å². The lowest BCUT2D eigenvalue weighted by molar-refractivity contribution is 0.0701. The quantitative estimate of drug-likeness (QED) is 0.643. The number of aromatic carboxylic acids is 1. The van der Waals surface area contributed by atoms with Crippen molar-refractivity contribution in [2.45, 2.75) is 17.6 Å². The lowest BCUT2D eigenvalue weighted by Crippen LogP contribution is -2.08. The van der Waals surface area contributed by atoms with Gasteiger partial charge in [-0.25, -0.2) is 13.2 Å². The summed E-state index contributed by atoms with van der Waals surface area (Å²) in [5.74, 6) is -1.51. The lowest BCUT2D eigenvalue weighted by atomic mass is 10.1. The van der Waals surface area contributed by atoms with Crippen molar-refractivity contribution < 1.29 is 18.3 Å². The van der Waals surface area contributed by atoms with Gasteiger partial charge in [0, 0.05) is 9.90 Å². The summed E-state index contributed by atoms with van der Waals surface area (Å²) >= 11 is 7.05. The van der Waals surface area contributed by atoms with E-state index in [-0.39, 0.29) is 21.1 Å². The number of carbonyl (C=O) groups is 1. The third-order valence-corrected chi connectivity index (χ3v) is 7.16. The molecular weight excluding hydrogens is 392 g/mol. The molecule has 0 bridgehead atoms. The number of halogens is 1. The van der Waals surface area contributed by atoms with E-state index in [1.807, 2.05) is 6.07 Å². The summed E-state index contributed by atoms with van der Waals surface area (Å²) in [7, 11) is -3.66. The van der Waals surface area contributed by atoms with Crippen molar-refractivity contribution in [3.63, 3.8) is 0 Å². The molecule has 2 aromatic carbocycles. The van der Waals surface area contributed by atoms with Crippen molar-refractivity contribution in [1.82, 2.24) is 0 Å². The van der Waals surface area contributed by atoms with E-state index in [0.717, 1.165) is 16.9 Å². The molecule has 0 radical (unpaired) electrons. The van der Waals surface area contributed by atoms with Gasteiger partial charge in [0.05, 0.1) is 10.6 Å². The minimum Gasteiger partial charge on any atom is -0.477 e. The number of benzene rings is 2. The van der Waals surface area contributed by atoms with E-state index in [4.69, 9.17) is 11.6 Å². The van der Waals surface area contributed by atoms with Gasteiger partial charge < -0.3 is 5.11 Å². The zero-order valence-electron chi connectivity index (χ0n) is 13.8. The van der Waals surface area contributed by atoms with Gasteiger partial charge in [0.15, 0.2) is 9.84 Å². The van der Waals surface area contributed by atoms with Crippen LogP contribution in [0, 0.1) is 6.92 Å². The molecule has 4 nitrogen and oxygen atoms in total. The highest BCUT2D eigenvalue weighted by molar-refractivity contribution is 7.90. The van der Waals surface area contributed by atoms with Crippen LogP contribution in [0.3, 0.4) is 0 Å². The summed E-state index contributed by atoms with van der Waals surface area (Å²) in [5, 5.41) is 10.0. The van der Waals surface area contributed by atoms with Crippen LogP contribution < -0.4 is 0 Å². The maximum absolute atomic E-state index is 12.8. The molecule has 0 atom stereocenters. The van der Waals surface area contributed by atoms with Gasteiger partial charge in [-0.3, -0.25) is 0 Å². The number of carboxylic acids is 1. The second kappa shape index (κ2) is 7.23. The molecule has 26 heavy (non-hydrogen) atoms. The van der Waals surface area contributed by atoms with Crippen molar-refractivity contribution >= 4 is 38.7 Å². The average molecular weight is 407 g/mol. The van der Waals surface area contributed by atoms with Crippen molar-refractivity contribution in [1.29, 1.82) is 0 Å². The van der Waals surface area contributed by atoms with E-state index in [2.05, 4.69) is 0 Å². The van der Waals surface area contributed by atoms with Gasteiger partial charge in [-0.05, 0) is 47.9 Å². The van der Waals surface area contributed by atoms with E-state index in [1.54, 1.807) is 49.4 Å². The molecular formula is C19H15ClO4S2. The van der Waals surface area contributed by atoms with Crippen LogP contribution in [0.2, 0.25) is 5.02 Å². The maximum Gasteiger partial charge on any atom is 0.346 e. The summed E-state index contributed by atoms with van der Waals surface area (Å²) < 4.78 is 25.6.